The van der Waals surface area contributed by atoms with Crippen molar-refractivity contribution in [1.82, 2.24) is 10.5 Å². The van der Waals surface area contributed by atoms with E-state index in [1.165, 1.54) is 24.3 Å². The lowest BCUT2D eigenvalue weighted by Gasteiger charge is -2.07. The van der Waals surface area contributed by atoms with Crippen molar-refractivity contribution in [2.75, 3.05) is 18.5 Å². The Kier molecular flexibility index (Phi) is 5.83. The standard InChI is InChI=1S/C16H16FN3O5/c1-9-15(10(2)25-20-9)16(23)24-8-14(22)18-7-13(21)19-12-5-3-11(17)4-6-12/h3-6H,7-8H2,1-2H3,(H,18,22)(H,19,21). The zero-order chi connectivity index (χ0) is 18.4. The maximum absolute atomic E-state index is 12.8. The van der Waals surface area contributed by atoms with Crippen LogP contribution in [0.15, 0.2) is 28.8 Å². The average molecular weight is 349 g/mol. The number of halogens is 1. The fraction of sp³-hybridized carbons (Fsp3) is 0.250. The lowest BCUT2D eigenvalue weighted by molar-refractivity contribution is -0.126. The van der Waals surface area contributed by atoms with Crippen LogP contribution in [0.5, 0.6) is 0 Å². The van der Waals surface area contributed by atoms with Crippen molar-refractivity contribution in [3.63, 3.8) is 0 Å². The molecule has 0 saturated heterocycles. The van der Waals surface area contributed by atoms with Gasteiger partial charge in [0.15, 0.2) is 6.61 Å². The number of carbonyl (C=O) groups excluding carboxylic acids is 3. The highest BCUT2D eigenvalue weighted by molar-refractivity contribution is 5.96. The summed E-state index contributed by atoms with van der Waals surface area (Å²) in [4.78, 5) is 35.1. The van der Waals surface area contributed by atoms with E-state index < -0.39 is 30.2 Å². The first kappa shape index (κ1) is 18.1. The third kappa shape index (κ3) is 5.13. The van der Waals surface area contributed by atoms with Crippen LogP contribution < -0.4 is 10.6 Å². The SMILES string of the molecule is Cc1noc(C)c1C(=O)OCC(=O)NCC(=O)Nc1ccc(F)cc1. The minimum absolute atomic E-state index is 0.168. The smallest absolute Gasteiger partial charge is 0.344 e. The Morgan fingerprint density at radius 1 is 1.16 bits per heavy atom. The largest absolute Gasteiger partial charge is 0.452 e. The average Bonchev–Trinajstić information content (AvgIpc) is 2.91. The van der Waals surface area contributed by atoms with Gasteiger partial charge in [0.2, 0.25) is 5.91 Å². The number of rotatable bonds is 6. The number of amides is 2. The molecule has 0 aliphatic heterocycles. The zero-order valence-corrected chi connectivity index (χ0v) is 13.6. The number of carbonyl (C=O) groups is 3. The molecule has 0 radical (unpaired) electrons. The molecule has 2 amide bonds. The summed E-state index contributed by atoms with van der Waals surface area (Å²) >= 11 is 0. The molecule has 0 aliphatic carbocycles. The number of aromatic nitrogens is 1. The van der Waals surface area contributed by atoms with Gasteiger partial charge in [-0.2, -0.15) is 0 Å². The van der Waals surface area contributed by atoms with Gasteiger partial charge in [-0.15, -0.1) is 0 Å². The van der Waals surface area contributed by atoms with E-state index in [9.17, 15) is 18.8 Å². The number of esters is 1. The van der Waals surface area contributed by atoms with E-state index in [0.29, 0.717) is 17.1 Å². The van der Waals surface area contributed by atoms with Gasteiger partial charge in [0.25, 0.3) is 5.91 Å². The quantitative estimate of drug-likeness (QED) is 0.762. The number of hydrogen-bond donors (Lipinski definition) is 2. The van der Waals surface area contributed by atoms with Gasteiger partial charge < -0.3 is 19.9 Å². The second kappa shape index (κ2) is 8.04. The van der Waals surface area contributed by atoms with Crippen LogP contribution in [0, 0.1) is 19.7 Å². The molecule has 0 spiro atoms. The van der Waals surface area contributed by atoms with Crippen LogP contribution in [0.25, 0.3) is 0 Å². The first-order valence-corrected chi connectivity index (χ1v) is 7.29. The number of aryl methyl sites for hydroxylation is 2. The molecule has 0 fully saturated rings. The number of ether oxygens (including phenoxy) is 1. The zero-order valence-electron chi connectivity index (χ0n) is 13.6. The van der Waals surface area contributed by atoms with E-state index in [-0.39, 0.29) is 12.1 Å². The molecule has 8 nitrogen and oxygen atoms in total. The molecule has 25 heavy (non-hydrogen) atoms. The first-order valence-electron chi connectivity index (χ1n) is 7.29. The van der Waals surface area contributed by atoms with E-state index in [0.717, 1.165) is 0 Å². The molecular weight excluding hydrogens is 333 g/mol. The van der Waals surface area contributed by atoms with Gasteiger partial charge in [0.05, 0.1) is 12.2 Å². The normalized spacial score (nSPS) is 10.2. The summed E-state index contributed by atoms with van der Waals surface area (Å²) in [7, 11) is 0. The number of hydrogen-bond acceptors (Lipinski definition) is 6. The molecule has 1 aromatic heterocycles. The summed E-state index contributed by atoms with van der Waals surface area (Å²) in [6, 6.07) is 5.17. The Morgan fingerprint density at radius 3 is 2.44 bits per heavy atom. The number of nitrogens with one attached hydrogen (secondary N) is 2. The molecule has 0 bridgehead atoms. The third-order valence-corrected chi connectivity index (χ3v) is 3.15. The first-order chi connectivity index (χ1) is 11.9. The summed E-state index contributed by atoms with van der Waals surface area (Å²) in [5, 5.41) is 8.40. The summed E-state index contributed by atoms with van der Waals surface area (Å²) in [5.41, 5.74) is 0.925. The lowest BCUT2D eigenvalue weighted by Crippen LogP contribution is -2.35. The summed E-state index contributed by atoms with van der Waals surface area (Å²) < 4.78 is 22.4. The summed E-state index contributed by atoms with van der Waals surface area (Å²) in [6.45, 7) is 2.26. The molecule has 132 valence electrons. The maximum atomic E-state index is 12.8. The topological polar surface area (TPSA) is 111 Å². The van der Waals surface area contributed by atoms with E-state index in [4.69, 9.17) is 9.26 Å². The summed E-state index contributed by atoms with van der Waals surface area (Å²) in [6.07, 6.45) is 0. The van der Waals surface area contributed by atoms with Crippen LogP contribution >= 0.6 is 0 Å². The Bertz CT molecular complexity index is 766. The molecule has 0 atom stereocenters. The fourth-order valence-electron chi connectivity index (χ4n) is 1.95. The molecule has 9 heteroatoms. The number of nitrogens with zero attached hydrogens (tertiary/aromatic N) is 1. The highest BCUT2D eigenvalue weighted by Crippen LogP contribution is 2.13. The molecular formula is C16H16FN3O5. The predicted octanol–water partition coefficient (Wildman–Crippen LogP) is 1.34. The molecule has 1 aromatic carbocycles. The van der Waals surface area contributed by atoms with E-state index in [2.05, 4.69) is 15.8 Å². The summed E-state index contributed by atoms with van der Waals surface area (Å²) in [5.74, 6) is -2.01. The lowest BCUT2D eigenvalue weighted by atomic mass is 10.2. The Morgan fingerprint density at radius 2 is 1.84 bits per heavy atom. The van der Waals surface area contributed by atoms with Gasteiger partial charge in [0.1, 0.15) is 17.1 Å². The van der Waals surface area contributed by atoms with Crippen molar-refractivity contribution in [2.24, 2.45) is 0 Å². The van der Waals surface area contributed by atoms with E-state index in [1.807, 2.05) is 0 Å². The van der Waals surface area contributed by atoms with Gasteiger partial charge in [-0.05, 0) is 38.1 Å². The van der Waals surface area contributed by atoms with Crippen molar-refractivity contribution in [3.8, 4) is 0 Å². The molecule has 2 aromatic rings. The van der Waals surface area contributed by atoms with Crippen molar-refractivity contribution in [1.29, 1.82) is 0 Å². The van der Waals surface area contributed by atoms with Crippen LogP contribution in [-0.2, 0) is 14.3 Å². The van der Waals surface area contributed by atoms with Gasteiger partial charge in [-0.1, -0.05) is 5.16 Å². The minimum Gasteiger partial charge on any atom is -0.452 e. The monoisotopic (exact) mass is 349 g/mol. The molecule has 1 heterocycles. The van der Waals surface area contributed by atoms with Crippen molar-refractivity contribution >= 4 is 23.5 Å². The second-order valence-corrected chi connectivity index (χ2v) is 5.11. The minimum atomic E-state index is -0.734. The van der Waals surface area contributed by atoms with Crippen molar-refractivity contribution in [3.05, 3.63) is 47.1 Å². The van der Waals surface area contributed by atoms with Gasteiger partial charge in [0, 0.05) is 5.69 Å². The molecule has 0 unspecified atom stereocenters. The van der Waals surface area contributed by atoms with Crippen LogP contribution in [0.3, 0.4) is 0 Å². The van der Waals surface area contributed by atoms with Gasteiger partial charge in [-0.25, -0.2) is 9.18 Å². The van der Waals surface area contributed by atoms with Crippen molar-refractivity contribution < 1.29 is 28.0 Å². The maximum Gasteiger partial charge on any atom is 0.344 e. The third-order valence-electron chi connectivity index (χ3n) is 3.15. The predicted molar refractivity (Wildman–Crippen MR) is 84.3 cm³/mol. The van der Waals surface area contributed by atoms with E-state index >= 15 is 0 Å². The number of anilines is 1. The van der Waals surface area contributed by atoms with Crippen LogP contribution in [0.1, 0.15) is 21.8 Å². The second-order valence-electron chi connectivity index (χ2n) is 5.11. The molecule has 0 aliphatic rings. The van der Waals surface area contributed by atoms with Crippen LogP contribution in [0.4, 0.5) is 10.1 Å². The Labute approximate surface area is 142 Å². The van der Waals surface area contributed by atoms with Crippen LogP contribution in [-0.4, -0.2) is 36.1 Å². The molecule has 2 rings (SSSR count). The molecule has 2 N–H and O–H groups in total. The highest BCUT2D eigenvalue weighted by Gasteiger charge is 2.20. The Hall–Kier alpha value is -3.23. The van der Waals surface area contributed by atoms with Crippen LogP contribution in [0.2, 0.25) is 0 Å². The van der Waals surface area contributed by atoms with Gasteiger partial charge >= 0.3 is 5.97 Å². The Balaban J connectivity index is 1.74. The molecule has 0 saturated carbocycles. The van der Waals surface area contributed by atoms with Gasteiger partial charge in [-0.3, -0.25) is 9.59 Å². The van der Waals surface area contributed by atoms with Crippen molar-refractivity contribution in [2.45, 2.75) is 13.8 Å². The fourth-order valence-corrected chi connectivity index (χ4v) is 1.95. The number of benzene rings is 1. The van der Waals surface area contributed by atoms with E-state index in [1.54, 1.807) is 13.8 Å². The highest BCUT2D eigenvalue weighted by atomic mass is 19.1.